The summed E-state index contributed by atoms with van der Waals surface area (Å²) in [6.07, 6.45) is 4.45. The van der Waals surface area contributed by atoms with Crippen molar-refractivity contribution in [2.24, 2.45) is 18.9 Å². The largest absolute Gasteiger partial charge is 0.496 e. The van der Waals surface area contributed by atoms with Crippen molar-refractivity contribution in [1.29, 1.82) is 0 Å². The van der Waals surface area contributed by atoms with Gasteiger partial charge in [0.2, 0.25) is 11.8 Å². The Morgan fingerprint density at radius 3 is 2.68 bits per heavy atom. The molecule has 0 unspecified atom stereocenters. The maximum atomic E-state index is 12.6. The van der Waals surface area contributed by atoms with Gasteiger partial charge in [0, 0.05) is 36.7 Å². The number of aryl methyl sites for hydroxylation is 2. The normalized spacial score (nSPS) is 17.8. The molecule has 31 heavy (non-hydrogen) atoms. The summed E-state index contributed by atoms with van der Waals surface area (Å²) in [5.41, 5.74) is 3.55. The molecule has 0 spiro atoms. The minimum atomic E-state index is 0.0427. The highest BCUT2D eigenvalue weighted by Crippen LogP contribution is 2.42. The smallest absolute Gasteiger partial charge is 0.228 e. The van der Waals surface area contributed by atoms with E-state index in [0.717, 1.165) is 46.4 Å². The topological polar surface area (TPSA) is 81.5 Å². The second kappa shape index (κ2) is 8.19. The number of carbonyl (C=O) groups excluding carboxylic acids is 1. The average Bonchev–Trinajstić information content (AvgIpc) is 3.42. The highest BCUT2D eigenvalue weighted by Gasteiger charge is 2.43. The van der Waals surface area contributed by atoms with Crippen LogP contribution in [0.3, 0.4) is 0 Å². The van der Waals surface area contributed by atoms with Crippen LogP contribution in [0.15, 0.2) is 24.5 Å². The van der Waals surface area contributed by atoms with Gasteiger partial charge in [-0.2, -0.15) is 0 Å². The Morgan fingerprint density at radius 2 is 2.00 bits per heavy atom. The quantitative estimate of drug-likeness (QED) is 0.629. The predicted octanol–water partition coefficient (Wildman–Crippen LogP) is 3.10. The second-order valence-corrected chi connectivity index (χ2v) is 8.43. The number of nitrogens with one attached hydrogen (secondary N) is 1. The monoisotopic (exact) mass is 423 g/mol. The summed E-state index contributed by atoms with van der Waals surface area (Å²) in [5.74, 6) is 2.32. The van der Waals surface area contributed by atoms with Gasteiger partial charge < -0.3 is 24.3 Å². The number of hydrogen-bond donors (Lipinski definition) is 1. The minimum absolute atomic E-state index is 0.0427. The lowest BCUT2D eigenvalue weighted by atomic mass is 10.1. The van der Waals surface area contributed by atoms with Crippen LogP contribution in [0.25, 0.3) is 22.2 Å². The van der Waals surface area contributed by atoms with E-state index in [4.69, 9.17) is 9.47 Å². The zero-order valence-electron chi connectivity index (χ0n) is 18.9. The van der Waals surface area contributed by atoms with Gasteiger partial charge in [-0.1, -0.05) is 0 Å². The molecule has 4 rings (SSSR count). The van der Waals surface area contributed by atoms with Crippen LogP contribution in [0.1, 0.15) is 12.0 Å². The van der Waals surface area contributed by atoms with Crippen LogP contribution in [0, 0.1) is 18.8 Å². The van der Waals surface area contributed by atoms with E-state index in [0.29, 0.717) is 17.6 Å². The first-order valence-corrected chi connectivity index (χ1v) is 10.3. The summed E-state index contributed by atoms with van der Waals surface area (Å²) in [7, 11) is 9.27. The third-order valence-electron chi connectivity index (χ3n) is 5.87. The molecular formula is C23H29N5O3. The van der Waals surface area contributed by atoms with Crippen molar-refractivity contribution >= 4 is 22.6 Å². The van der Waals surface area contributed by atoms with Crippen molar-refractivity contribution in [2.75, 3.05) is 40.2 Å². The van der Waals surface area contributed by atoms with Crippen molar-refractivity contribution in [3.05, 3.63) is 30.1 Å². The van der Waals surface area contributed by atoms with E-state index in [1.165, 1.54) is 0 Å². The number of rotatable bonds is 7. The van der Waals surface area contributed by atoms with E-state index in [9.17, 15) is 4.79 Å². The molecule has 3 aromatic heterocycles. The van der Waals surface area contributed by atoms with Gasteiger partial charge in [-0.05, 0) is 45.5 Å². The molecule has 0 aromatic carbocycles. The van der Waals surface area contributed by atoms with Crippen molar-refractivity contribution in [3.63, 3.8) is 0 Å². The van der Waals surface area contributed by atoms with Crippen LogP contribution in [-0.4, -0.2) is 60.2 Å². The van der Waals surface area contributed by atoms with E-state index in [1.807, 2.05) is 44.8 Å². The Balaban J connectivity index is 1.65. The number of aromatic nitrogens is 3. The average molecular weight is 424 g/mol. The molecule has 1 N–H and O–H groups in total. The zero-order valence-corrected chi connectivity index (χ0v) is 18.9. The second-order valence-electron chi connectivity index (χ2n) is 8.43. The molecule has 8 nitrogen and oxygen atoms in total. The first-order valence-electron chi connectivity index (χ1n) is 10.3. The molecule has 1 aliphatic carbocycles. The van der Waals surface area contributed by atoms with Gasteiger partial charge in [-0.3, -0.25) is 4.79 Å². The van der Waals surface area contributed by atoms with Crippen molar-refractivity contribution < 1.29 is 14.3 Å². The standard InChI is InChI=1S/C23H29N5O3/c1-13-10-25-23(31-6)20(21(13)30-5)17-8-14-9-19(24-11-18(14)28(17)4)26-22(29)16-7-15(16)12-27(2)3/h8-11,15-16H,7,12H2,1-6H3,(H,24,26,29)/t15-,16+/m0/s1. The summed E-state index contributed by atoms with van der Waals surface area (Å²) in [4.78, 5) is 23.6. The molecule has 0 aliphatic heterocycles. The van der Waals surface area contributed by atoms with Gasteiger partial charge in [0.1, 0.15) is 17.1 Å². The maximum Gasteiger partial charge on any atom is 0.228 e. The highest BCUT2D eigenvalue weighted by molar-refractivity contribution is 5.96. The van der Waals surface area contributed by atoms with Crippen LogP contribution in [0.2, 0.25) is 0 Å². The molecule has 1 saturated carbocycles. The molecule has 3 heterocycles. The van der Waals surface area contributed by atoms with Gasteiger partial charge >= 0.3 is 0 Å². The number of methoxy groups -OCH3 is 2. The van der Waals surface area contributed by atoms with Gasteiger partial charge in [-0.15, -0.1) is 0 Å². The fourth-order valence-electron chi connectivity index (χ4n) is 4.22. The number of hydrogen-bond acceptors (Lipinski definition) is 6. The van der Waals surface area contributed by atoms with Gasteiger partial charge in [0.05, 0.1) is 31.6 Å². The van der Waals surface area contributed by atoms with E-state index in [2.05, 4.69) is 20.2 Å². The minimum Gasteiger partial charge on any atom is -0.496 e. The fourth-order valence-corrected chi connectivity index (χ4v) is 4.22. The van der Waals surface area contributed by atoms with Crippen LogP contribution >= 0.6 is 0 Å². The Morgan fingerprint density at radius 1 is 1.23 bits per heavy atom. The molecule has 2 atom stereocenters. The van der Waals surface area contributed by atoms with Crippen LogP contribution in [0.5, 0.6) is 11.6 Å². The molecule has 0 radical (unpaired) electrons. The Kier molecular flexibility index (Phi) is 5.58. The molecule has 164 valence electrons. The Bertz CT molecular complexity index is 1140. The number of ether oxygens (including phenoxy) is 2. The lowest BCUT2D eigenvalue weighted by Gasteiger charge is -2.15. The molecule has 3 aromatic rings. The Hall–Kier alpha value is -3.13. The number of pyridine rings is 2. The highest BCUT2D eigenvalue weighted by atomic mass is 16.5. The number of fused-ring (bicyclic) bond motifs is 1. The fraction of sp³-hybridized carbons (Fsp3) is 0.435. The summed E-state index contributed by atoms with van der Waals surface area (Å²) in [6.45, 7) is 2.88. The lowest BCUT2D eigenvalue weighted by Crippen LogP contribution is -2.20. The number of nitrogens with zero attached hydrogens (tertiary/aromatic N) is 4. The first-order chi connectivity index (χ1) is 14.8. The van der Waals surface area contributed by atoms with Crippen molar-refractivity contribution in [3.8, 4) is 22.9 Å². The first kappa shape index (κ1) is 21.1. The molecule has 8 heteroatoms. The third-order valence-corrected chi connectivity index (χ3v) is 5.87. The SMILES string of the molecule is COc1ncc(C)c(OC)c1-c1cc2cc(NC(=O)[C@@H]3C[C@H]3CN(C)C)ncc2n1C. The molecule has 1 amide bonds. The molecule has 1 aliphatic rings. The predicted molar refractivity (Wildman–Crippen MR) is 121 cm³/mol. The van der Waals surface area contributed by atoms with Crippen molar-refractivity contribution in [1.82, 2.24) is 19.4 Å². The summed E-state index contributed by atoms with van der Waals surface area (Å²) in [5, 5.41) is 3.95. The summed E-state index contributed by atoms with van der Waals surface area (Å²) >= 11 is 0. The molecule has 0 saturated heterocycles. The van der Waals surface area contributed by atoms with Crippen LogP contribution in [0.4, 0.5) is 5.82 Å². The van der Waals surface area contributed by atoms with Gasteiger partial charge in [-0.25, -0.2) is 9.97 Å². The third kappa shape index (κ3) is 3.95. The maximum absolute atomic E-state index is 12.6. The number of carbonyl (C=O) groups is 1. The van der Waals surface area contributed by atoms with Crippen LogP contribution < -0.4 is 14.8 Å². The van der Waals surface area contributed by atoms with Crippen molar-refractivity contribution in [2.45, 2.75) is 13.3 Å². The van der Waals surface area contributed by atoms with E-state index in [1.54, 1.807) is 26.6 Å². The number of anilines is 1. The lowest BCUT2D eigenvalue weighted by molar-refractivity contribution is -0.117. The van der Waals surface area contributed by atoms with Crippen LogP contribution in [-0.2, 0) is 11.8 Å². The van der Waals surface area contributed by atoms with E-state index in [-0.39, 0.29) is 11.8 Å². The summed E-state index contributed by atoms with van der Waals surface area (Å²) in [6, 6.07) is 3.95. The zero-order chi connectivity index (χ0) is 22.3. The van der Waals surface area contributed by atoms with E-state index >= 15 is 0 Å². The van der Waals surface area contributed by atoms with E-state index < -0.39 is 0 Å². The van der Waals surface area contributed by atoms with Gasteiger partial charge in [0.15, 0.2) is 0 Å². The molecular weight excluding hydrogens is 394 g/mol. The Labute approximate surface area is 182 Å². The van der Waals surface area contributed by atoms with Gasteiger partial charge in [0.25, 0.3) is 0 Å². The molecule has 0 bridgehead atoms. The number of amides is 1. The molecule has 1 fully saturated rings. The summed E-state index contributed by atoms with van der Waals surface area (Å²) < 4.78 is 13.2.